The number of hydrogen-bond acceptors (Lipinski definition) is 4. The molecule has 2 unspecified atom stereocenters. The highest BCUT2D eigenvalue weighted by atomic mass is 35.5. The molecular weight excluding hydrogens is 288 g/mol. The second-order valence-corrected chi connectivity index (χ2v) is 5.55. The summed E-state index contributed by atoms with van der Waals surface area (Å²) in [6.45, 7) is 5.53. The van der Waals surface area contributed by atoms with Gasteiger partial charge in [0.2, 0.25) is 0 Å². The fourth-order valence-electron chi connectivity index (χ4n) is 1.35. The highest BCUT2D eigenvalue weighted by molar-refractivity contribution is 7.15. The van der Waals surface area contributed by atoms with Crippen LogP contribution in [0.15, 0.2) is 11.4 Å². The van der Waals surface area contributed by atoms with E-state index in [0.717, 1.165) is 0 Å². The van der Waals surface area contributed by atoms with E-state index in [1.165, 1.54) is 11.3 Å². The van der Waals surface area contributed by atoms with Gasteiger partial charge in [-0.15, -0.1) is 11.3 Å². The summed E-state index contributed by atoms with van der Waals surface area (Å²) in [6.07, 6.45) is 0. The van der Waals surface area contributed by atoms with E-state index >= 15 is 0 Å². The molecule has 1 heterocycles. The largest absolute Gasteiger partial charge is 0.466 e. The molecule has 2 atom stereocenters. The number of halogens is 1. The smallest absolute Gasteiger partial charge is 0.319 e. The minimum Gasteiger partial charge on any atom is -0.466 e. The van der Waals surface area contributed by atoms with Crippen molar-refractivity contribution in [3.63, 3.8) is 0 Å². The van der Waals surface area contributed by atoms with Gasteiger partial charge in [0.05, 0.1) is 18.2 Å². The first kappa shape index (κ1) is 15.8. The predicted octanol–water partition coefficient (Wildman–Crippen LogP) is 3.11. The summed E-state index contributed by atoms with van der Waals surface area (Å²) in [7, 11) is 0. The second kappa shape index (κ2) is 7.35. The molecule has 1 aromatic heterocycles. The van der Waals surface area contributed by atoms with Crippen LogP contribution in [0.25, 0.3) is 0 Å². The number of ether oxygens (including phenoxy) is 1. The first-order valence-corrected chi connectivity index (χ1v) is 7.18. The molecule has 106 valence electrons. The van der Waals surface area contributed by atoms with Gasteiger partial charge in [-0.2, -0.15) is 0 Å². The molecule has 0 bridgehead atoms. The monoisotopic (exact) mass is 304 g/mol. The lowest BCUT2D eigenvalue weighted by molar-refractivity contribution is -0.148. The van der Waals surface area contributed by atoms with Crippen molar-refractivity contribution >= 4 is 40.6 Å². The summed E-state index contributed by atoms with van der Waals surface area (Å²) >= 11 is 7.21. The molecule has 2 N–H and O–H groups in total. The quantitative estimate of drug-likeness (QED) is 0.821. The van der Waals surface area contributed by atoms with Crippen molar-refractivity contribution in [3.8, 4) is 0 Å². The Bertz CT molecular complexity index is 450. The van der Waals surface area contributed by atoms with E-state index in [9.17, 15) is 9.59 Å². The number of rotatable bonds is 5. The molecule has 5 nitrogen and oxygen atoms in total. The summed E-state index contributed by atoms with van der Waals surface area (Å²) in [6, 6.07) is 0.979. The van der Waals surface area contributed by atoms with Crippen molar-refractivity contribution in [2.75, 3.05) is 11.9 Å². The summed E-state index contributed by atoms with van der Waals surface area (Å²) in [5.74, 6) is -0.743. The van der Waals surface area contributed by atoms with E-state index in [0.29, 0.717) is 16.6 Å². The maximum Gasteiger partial charge on any atom is 0.319 e. The van der Waals surface area contributed by atoms with E-state index in [1.54, 1.807) is 32.2 Å². The number of nitrogens with one attached hydrogen (secondary N) is 2. The predicted molar refractivity (Wildman–Crippen MR) is 76.7 cm³/mol. The van der Waals surface area contributed by atoms with Gasteiger partial charge in [-0.1, -0.05) is 11.6 Å². The van der Waals surface area contributed by atoms with Crippen LogP contribution in [0.5, 0.6) is 0 Å². The van der Waals surface area contributed by atoms with Crippen LogP contribution in [0.3, 0.4) is 0 Å². The number of thiophene rings is 1. The highest BCUT2D eigenvalue weighted by Gasteiger charge is 2.23. The first-order chi connectivity index (χ1) is 8.95. The van der Waals surface area contributed by atoms with Crippen molar-refractivity contribution < 1.29 is 14.3 Å². The molecule has 0 spiro atoms. The van der Waals surface area contributed by atoms with Crippen LogP contribution in [-0.2, 0) is 9.53 Å². The van der Waals surface area contributed by atoms with Gasteiger partial charge in [-0.3, -0.25) is 4.79 Å². The molecule has 7 heteroatoms. The molecule has 2 amide bonds. The van der Waals surface area contributed by atoms with Crippen LogP contribution in [0.4, 0.5) is 10.5 Å². The molecule has 0 radical (unpaired) electrons. The van der Waals surface area contributed by atoms with Crippen LogP contribution < -0.4 is 10.6 Å². The van der Waals surface area contributed by atoms with Crippen LogP contribution in [0.2, 0.25) is 4.34 Å². The van der Waals surface area contributed by atoms with Gasteiger partial charge in [-0.05, 0) is 32.2 Å². The molecule has 1 aromatic rings. The normalized spacial score (nSPS) is 13.5. The Morgan fingerprint density at radius 2 is 2.16 bits per heavy atom. The highest BCUT2D eigenvalue weighted by Crippen LogP contribution is 2.27. The van der Waals surface area contributed by atoms with Gasteiger partial charge in [0, 0.05) is 6.04 Å². The second-order valence-electron chi connectivity index (χ2n) is 4.04. The fraction of sp³-hybridized carbons (Fsp3) is 0.500. The van der Waals surface area contributed by atoms with Gasteiger partial charge < -0.3 is 15.4 Å². The van der Waals surface area contributed by atoms with E-state index < -0.39 is 11.9 Å². The van der Waals surface area contributed by atoms with Crippen LogP contribution in [0.1, 0.15) is 20.8 Å². The first-order valence-electron chi connectivity index (χ1n) is 5.92. The van der Waals surface area contributed by atoms with E-state index in [2.05, 4.69) is 10.6 Å². The third-order valence-corrected chi connectivity index (χ3v) is 3.80. The maximum absolute atomic E-state index is 11.7. The number of esters is 1. The Morgan fingerprint density at radius 1 is 1.47 bits per heavy atom. The molecule has 0 aliphatic heterocycles. The minimum atomic E-state index is -0.413. The molecule has 0 aromatic carbocycles. The van der Waals surface area contributed by atoms with E-state index in [-0.39, 0.29) is 12.0 Å². The van der Waals surface area contributed by atoms with Crippen LogP contribution in [0, 0.1) is 5.92 Å². The standard InChI is InChI=1S/C12H17ClN2O3S/c1-4-18-11(16)7(2)8(3)14-12(17)15-9-5-6-19-10(9)13/h5-8H,4H2,1-3H3,(H2,14,15,17). The summed E-state index contributed by atoms with van der Waals surface area (Å²) < 4.78 is 5.42. The number of anilines is 1. The fourth-order valence-corrected chi connectivity index (χ4v) is 2.18. The number of hydrogen-bond donors (Lipinski definition) is 2. The average molecular weight is 305 g/mol. The van der Waals surface area contributed by atoms with E-state index in [1.807, 2.05) is 0 Å². The van der Waals surface area contributed by atoms with Gasteiger partial charge in [-0.25, -0.2) is 4.79 Å². The molecule has 1 rings (SSSR count). The molecule has 0 fully saturated rings. The zero-order valence-corrected chi connectivity index (χ0v) is 12.6. The minimum absolute atomic E-state index is 0.326. The lowest BCUT2D eigenvalue weighted by Crippen LogP contribution is -2.42. The van der Waals surface area contributed by atoms with E-state index in [4.69, 9.17) is 16.3 Å². The Hall–Kier alpha value is -1.27. The third kappa shape index (κ3) is 4.72. The lowest BCUT2D eigenvalue weighted by Gasteiger charge is -2.19. The number of carbonyl (C=O) groups excluding carboxylic acids is 2. The Kier molecular flexibility index (Phi) is 6.11. The van der Waals surface area contributed by atoms with Gasteiger partial charge >= 0.3 is 12.0 Å². The van der Waals surface area contributed by atoms with Crippen molar-refractivity contribution in [1.82, 2.24) is 5.32 Å². The Morgan fingerprint density at radius 3 is 2.68 bits per heavy atom. The van der Waals surface area contributed by atoms with Gasteiger partial charge in [0.1, 0.15) is 4.34 Å². The molecule has 19 heavy (non-hydrogen) atoms. The van der Waals surface area contributed by atoms with Crippen molar-refractivity contribution in [2.45, 2.75) is 26.8 Å². The molecule has 0 saturated heterocycles. The van der Waals surface area contributed by atoms with Crippen LogP contribution >= 0.6 is 22.9 Å². The summed E-state index contributed by atoms with van der Waals surface area (Å²) in [4.78, 5) is 23.3. The van der Waals surface area contributed by atoms with Crippen molar-refractivity contribution in [3.05, 3.63) is 15.8 Å². The molecule has 0 saturated carbocycles. The summed E-state index contributed by atoms with van der Waals surface area (Å²) in [5, 5.41) is 7.08. The maximum atomic E-state index is 11.7. The third-order valence-electron chi connectivity index (χ3n) is 2.63. The number of urea groups is 1. The number of carbonyl (C=O) groups is 2. The number of amides is 2. The zero-order valence-electron chi connectivity index (χ0n) is 11.0. The van der Waals surface area contributed by atoms with Gasteiger partial charge in [0.25, 0.3) is 0 Å². The molecule has 0 aliphatic carbocycles. The summed E-state index contributed by atoms with van der Waals surface area (Å²) in [5.41, 5.74) is 0.556. The Balaban J connectivity index is 2.48. The Labute approximate surface area is 121 Å². The van der Waals surface area contributed by atoms with Gasteiger partial charge in [0.15, 0.2) is 0 Å². The SMILES string of the molecule is CCOC(=O)C(C)C(C)NC(=O)Nc1ccsc1Cl. The molecule has 0 aliphatic rings. The van der Waals surface area contributed by atoms with Crippen LogP contribution in [-0.4, -0.2) is 24.6 Å². The lowest BCUT2D eigenvalue weighted by atomic mass is 10.0. The van der Waals surface area contributed by atoms with Crippen molar-refractivity contribution in [2.24, 2.45) is 5.92 Å². The zero-order chi connectivity index (χ0) is 14.4. The topological polar surface area (TPSA) is 67.4 Å². The van der Waals surface area contributed by atoms with Crippen molar-refractivity contribution in [1.29, 1.82) is 0 Å². The average Bonchev–Trinajstić information content (AvgIpc) is 2.74. The molecular formula is C12H17ClN2O3S.